The van der Waals surface area contributed by atoms with Crippen LogP contribution >= 0.6 is 24.0 Å². The Bertz CT molecular complexity index is 306. The molecular weight excluding hydrogens is 379 g/mol. The summed E-state index contributed by atoms with van der Waals surface area (Å²) in [5.41, 5.74) is -0.0366. The molecule has 126 valence electrons. The second kappa shape index (κ2) is 10.6. The third kappa shape index (κ3) is 7.65. The number of nitrogens with zero attached hydrogens (tertiary/aromatic N) is 2. The van der Waals surface area contributed by atoms with Crippen molar-refractivity contribution in [2.75, 3.05) is 40.3 Å². The maximum atomic E-state index is 5.77. The van der Waals surface area contributed by atoms with Crippen molar-refractivity contribution in [1.82, 2.24) is 15.5 Å². The molecule has 0 aliphatic carbocycles. The van der Waals surface area contributed by atoms with Gasteiger partial charge in [-0.15, -0.1) is 24.0 Å². The van der Waals surface area contributed by atoms with Crippen molar-refractivity contribution in [2.24, 2.45) is 4.99 Å². The Morgan fingerprint density at radius 3 is 2.67 bits per heavy atom. The van der Waals surface area contributed by atoms with Crippen molar-refractivity contribution in [1.29, 1.82) is 0 Å². The Kier molecular flexibility index (Phi) is 10.6. The normalized spacial score (nSPS) is 23.8. The van der Waals surface area contributed by atoms with Gasteiger partial charge in [0.05, 0.1) is 5.60 Å². The molecule has 2 N–H and O–H groups in total. The first-order valence-electron chi connectivity index (χ1n) is 7.79. The fourth-order valence-corrected chi connectivity index (χ4v) is 2.35. The van der Waals surface area contributed by atoms with Gasteiger partial charge in [-0.3, -0.25) is 4.99 Å². The van der Waals surface area contributed by atoms with Crippen LogP contribution in [0, 0.1) is 0 Å². The van der Waals surface area contributed by atoms with E-state index < -0.39 is 0 Å². The molecule has 1 heterocycles. The van der Waals surface area contributed by atoms with E-state index in [1.165, 1.54) is 6.42 Å². The van der Waals surface area contributed by atoms with E-state index in [0.717, 1.165) is 45.0 Å². The number of hydrogen-bond donors (Lipinski definition) is 2. The van der Waals surface area contributed by atoms with Gasteiger partial charge in [-0.1, -0.05) is 6.92 Å². The SMILES string of the molecule is CCC(C)N(C)CCNC(=NC)NCC1(C)CCCO1.I. The Morgan fingerprint density at radius 2 is 2.14 bits per heavy atom. The lowest BCUT2D eigenvalue weighted by Crippen LogP contribution is -2.47. The molecule has 2 unspecified atom stereocenters. The second-order valence-corrected chi connectivity index (χ2v) is 5.99. The van der Waals surface area contributed by atoms with Gasteiger partial charge in [0.1, 0.15) is 0 Å². The van der Waals surface area contributed by atoms with Gasteiger partial charge in [0.15, 0.2) is 5.96 Å². The Morgan fingerprint density at radius 1 is 1.43 bits per heavy atom. The van der Waals surface area contributed by atoms with Crippen LogP contribution in [0.4, 0.5) is 0 Å². The van der Waals surface area contributed by atoms with Crippen LogP contribution in [0.5, 0.6) is 0 Å². The highest BCUT2D eigenvalue weighted by molar-refractivity contribution is 14.0. The zero-order valence-electron chi connectivity index (χ0n) is 14.2. The molecule has 0 aromatic rings. The van der Waals surface area contributed by atoms with Crippen LogP contribution in [-0.2, 0) is 4.74 Å². The van der Waals surface area contributed by atoms with Crippen LogP contribution in [-0.4, -0.2) is 62.8 Å². The maximum absolute atomic E-state index is 5.77. The van der Waals surface area contributed by atoms with Gasteiger partial charge < -0.3 is 20.3 Å². The highest BCUT2D eigenvalue weighted by Crippen LogP contribution is 2.23. The monoisotopic (exact) mass is 412 g/mol. The molecule has 0 amide bonds. The largest absolute Gasteiger partial charge is 0.373 e. The molecule has 1 aliphatic heterocycles. The zero-order chi connectivity index (χ0) is 15.0. The maximum Gasteiger partial charge on any atom is 0.191 e. The predicted octanol–water partition coefficient (Wildman–Crippen LogP) is 2.07. The van der Waals surface area contributed by atoms with Crippen molar-refractivity contribution in [3.63, 3.8) is 0 Å². The molecule has 2 atom stereocenters. The van der Waals surface area contributed by atoms with Crippen molar-refractivity contribution in [3.05, 3.63) is 0 Å². The standard InChI is InChI=1S/C15H32N4O.HI/c1-6-13(2)19(5)10-9-17-14(16-4)18-12-15(3)8-7-11-20-15;/h13H,6-12H2,1-5H3,(H2,16,17,18);1H. The summed E-state index contributed by atoms with van der Waals surface area (Å²) >= 11 is 0. The van der Waals surface area contributed by atoms with Gasteiger partial charge >= 0.3 is 0 Å². The molecule has 0 radical (unpaired) electrons. The first-order valence-corrected chi connectivity index (χ1v) is 7.79. The number of nitrogens with one attached hydrogen (secondary N) is 2. The molecule has 1 aliphatic rings. The molecule has 0 aromatic heterocycles. The highest BCUT2D eigenvalue weighted by Gasteiger charge is 2.29. The lowest BCUT2D eigenvalue weighted by molar-refractivity contribution is 0.0243. The number of halogens is 1. The van der Waals surface area contributed by atoms with Gasteiger partial charge in [-0.05, 0) is 40.2 Å². The topological polar surface area (TPSA) is 48.9 Å². The molecule has 1 fully saturated rings. The van der Waals surface area contributed by atoms with E-state index >= 15 is 0 Å². The van der Waals surface area contributed by atoms with E-state index in [-0.39, 0.29) is 29.6 Å². The van der Waals surface area contributed by atoms with E-state index in [1.54, 1.807) is 0 Å². The number of hydrogen-bond acceptors (Lipinski definition) is 3. The molecule has 1 rings (SSSR count). The fourth-order valence-electron chi connectivity index (χ4n) is 2.35. The fraction of sp³-hybridized carbons (Fsp3) is 0.933. The number of aliphatic imine (C=N–C) groups is 1. The van der Waals surface area contributed by atoms with Crippen molar-refractivity contribution in [2.45, 2.75) is 51.7 Å². The number of likely N-dealkylation sites (N-methyl/N-ethyl adjacent to an activating group) is 1. The van der Waals surface area contributed by atoms with E-state index in [2.05, 4.69) is 48.3 Å². The quantitative estimate of drug-likeness (QED) is 0.382. The van der Waals surface area contributed by atoms with E-state index in [0.29, 0.717) is 6.04 Å². The average Bonchev–Trinajstić information content (AvgIpc) is 2.88. The third-order valence-electron chi connectivity index (χ3n) is 4.25. The van der Waals surface area contributed by atoms with Crippen molar-refractivity contribution < 1.29 is 4.74 Å². The van der Waals surface area contributed by atoms with Crippen LogP contribution in [0.15, 0.2) is 4.99 Å². The number of rotatable bonds is 7. The minimum Gasteiger partial charge on any atom is -0.373 e. The molecule has 1 saturated heterocycles. The summed E-state index contributed by atoms with van der Waals surface area (Å²) in [6.07, 6.45) is 3.46. The average molecular weight is 412 g/mol. The summed E-state index contributed by atoms with van der Waals surface area (Å²) in [6, 6.07) is 0.623. The van der Waals surface area contributed by atoms with Crippen LogP contribution in [0.25, 0.3) is 0 Å². The molecule has 0 bridgehead atoms. The first-order chi connectivity index (χ1) is 9.50. The number of ether oxygens (including phenoxy) is 1. The summed E-state index contributed by atoms with van der Waals surface area (Å²) in [6.45, 7) is 10.2. The molecule has 21 heavy (non-hydrogen) atoms. The minimum absolute atomic E-state index is 0. The molecule has 6 heteroatoms. The third-order valence-corrected chi connectivity index (χ3v) is 4.25. The smallest absolute Gasteiger partial charge is 0.191 e. The minimum atomic E-state index is -0.0366. The molecule has 0 spiro atoms. The van der Waals surface area contributed by atoms with Crippen LogP contribution in [0.2, 0.25) is 0 Å². The summed E-state index contributed by atoms with van der Waals surface area (Å²) in [4.78, 5) is 6.63. The zero-order valence-corrected chi connectivity index (χ0v) is 16.6. The van der Waals surface area contributed by atoms with Gasteiger partial charge in [0.25, 0.3) is 0 Å². The summed E-state index contributed by atoms with van der Waals surface area (Å²) in [5.74, 6) is 0.860. The Labute approximate surface area is 147 Å². The lowest BCUT2D eigenvalue weighted by atomic mass is 10.0. The van der Waals surface area contributed by atoms with E-state index in [1.807, 2.05) is 7.05 Å². The Hall–Kier alpha value is -0.0800. The van der Waals surface area contributed by atoms with Gasteiger partial charge in [0.2, 0.25) is 0 Å². The molecule has 0 aromatic carbocycles. The Balaban J connectivity index is 0.00000400. The van der Waals surface area contributed by atoms with Crippen molar-refractivity contribution >= 4 is 29.9 Å². The van der Waals surface area contributed by atoms with Crippen molar-refractivity contribution in [3.8, 4) is 0 Å². The second-order valence-electron chi connectivity index (χ2n) is 5.99. The van der Waals surface area contributed by atoms with Crippen LogP contribution < -0.4 is 10.6 Å². The summed E-state index contributed by atoms with van der Waals surface area (Å²) in [5, 5.41) is 6.73. The number of guanidine groups is 1. The highest BCUT2D eigenvalue weighted by atomic mass is 127. The van der Waals surface area contributed by atoms with Crippen LogP contribution in [0.1, 0.15) is 40.0 Å². The van der Waals surface area contributed by atoms with Crippen LogP contribution in [0.3, 0.4) is 0 Å². The summed E-state index contributed by atoms with van der Waals surface area (Å²) in [7, 11) is 3.98. The van der Waals surface area contributed by atoms with Gasteiger partial charge in [-0.25, -0.2) is 0 Å². The predicted molar refractivity (Wildman–Crippen MR) is 101 cm³/mol. The molecular formula is C15H33IN4O. The van der Waals surface area contributed by atoms with Gasteiger partial charge in [0, 0.05) is 39.3 Å². The first kappa shape index (κ1) is 20.9. The molecule has 0 saturated carbocycles. The lowest BCUT2D eigenvalue weighted by Gasteiger charge is -2.26. The van der Waals surface area contributed by atoms with E-state index in [4.69, 9.17) is 4.74 Å². The van der Waals surface area contributed by atoms with Gasteiger partial charge in [-0.2, -0.15) is 0 Å². The molecule has 5 nitrogen and oxygen atoms in total. The summed E-state index contributed by atoms with van der Waals surface area (Å²) < 4.78 is 5.77. The van der Waals surface area contributed by atoms with E-state index in [9.17, 15) is 0 Å².